The van der Waals surface area contributed by atoms with Crippen LogP contribution >= 0.6 is 0 Å². The Bertz CT molecular complexity index is 1120. The average molecular weight is 436 g/mol. The molecule has 8 nitrogen and oxygen atoms in total. The lowest BCUT2D eigenvalue weighted by molar-refractivity contribution is -0.389. The molecule has 0 atom stereocenters. The highest BCUT2D eigenvalue weighted by atomic mass is 16.6. The number of ether oxygens (including phenoxy) is 4. The Kier molecular flexibility index (Phi) is 3.77. The van der Waals surface area contributed by atoms with Crippen molar-refractivity contribution < 1.29 is 38.1 Å². The maximum atomic E-state index is 13.7. The molecule has 0 amide bonds. The third-order valence-electron chi connectivity index (χ3n) is 7.16. The molecule has 0 unspecified atom stereocenters. The summed E-state index contributed by atoms with van der Waals surface area (Å²) in [6.07, 6.45) is 0. The number of esters is 4. The van der Waals surface area contributed by atoms with Crippen LogP contribution in [-0.2, 0) is 39.9 Å². The second kappa shape index (κ2) is 5.97. The van der Waals surface area contributed by atoms with Crippen molar-refractivity contribution in [3.63, 3.8) is 0 Å². The van der Waals surface area contributed by atoms with E-state index in [4.69, 9.17) is 18.9 Å². The first-order chi connectivity index (χ1) is 15.1. The summed E-state index contributed by atoms with van der Waals surface area (Å²) >= 11 is 0. The Labute approximate surface area is 183 Å². The summed E-state index contributed by atoms with van der Waals surface area (Å²) in [5, 5.41) is 0. The van der Waals surface area contributed by atoms with Crippen molar-refractivity contribution in [3.8, 4) is 11.5 Å². The fraction of sp³-hybridized carbons (Fsp3) is 0.333. The van der Waals surface area contributed by atoms with Crippen molar-refractivity contribution in [2.45, 2.75) is 38.9 Å². The van der Waals surface area contributed by atoms with Crippen molar-refractivity contribution in [2.75, 3.05) is 0 Å². The molecule has 2 aromatic rings. The molecule has 0 bridgehead atoms. The molecule has 0 aromatic heterocycles. The molecule has 0 radical (unpaired) electrons. The van der Waals surface area contributed by atoms with Crippen LogP contribution in [0.3, 0.4) is 0 Å². The summed E-state index contributed by atoms with van der Waals surface area (Å²) in [6.45, 7) is 5.37. The topological polar surface area (TPSA) is 105 Å². The van der Waals surface area contributed by atoms with Crippen LogP contribution in [0.5, 0.6) is 11.5 Å². The van der Waals surface area contributed by atoms with Gasteiger partial charge in [0, 0.05) is 25.0 Å². The molecule has 32 heavy (non-hydrogen) atoms. The quantitative estimate of drug-likeness (QED) is 0.523. The van der Waals surface area contributed by atoms with Gasteiger partial charge in [-0.05, 0) is 26.0 Å². The van der Waals surface area contributed by atoms with Crippen LogP contribution in [0.4, 0.5) is 0 Å². The molecule has 8 heteroatoms. The van der Waals surface area contributed by atoms with Crippen molar-refractivity contribution in [3.05, 3.63) is 59.7 Å². The van der Waals surface area contributed by atoms with Gasteiger partial charge in [-0.3, -0.25) is 19.2 Å². The Balaban J connectivity index is 1.97. The van der Waals surface area contributed by atoms with Gasteiger partial charge >= 0.3 is 23.9 Å². The zero-order chi connectivity index (χ0) is 23.1. The minimum absolute atomic E-state index is 0.153. The monoisotopic (exact) mass is 436 g/mol. The molecular formula is C24H20O8. The number of para-hydroxylation sites is 2. The highest BCUT2D eigenvalue weighted by molar-refractivity contribution is 6.00. The fourth-order valence-corrected chi connectivity index (χ4v) is 6.13. The normalized spacial score (nSPS) is 33.8. The van der Waals surface area contributed by atoms with E-state index in [0.29, 0.717) is 11.1 Å². The molecule has 2 aromatic carbocycles. The van der Waals surface area contributed by atoms with E-state index in [1.165, 1.54) is 27.7 Å². The summed E-state index contributed by atoms with van der Waals surface area (Å²) in [7, 11) is 0. The van der Waals surface area contributed by atoms with Gasteiger partial charge in [0.2, 0.25) is 0 Å². The summed E-state index contributed by atoms with van der Waals surface area (Å²) < 4.78 is 23.1. The third-order valence-corrected chi connectivity index (χ3v) is 7.16. The van der Waals surface area contributed by atoms with Gasteiger partial charge in [0.1, 0.15) is 11.5 Å². The number of carbonyl (C=O) groups excluding carboxylic acids is 4. The van der Waals surface area contributed by atoms with Gasteiger partial charge < -0.3 is 18.9 Å². The Morgan fingerprint density at radius 1 is 0.688 bits per heavy atom. The Morgan fingerprint density at radius 3 is 1.38 bits per heavy atom. The first-order valence-corrected chi connectivity index (χ1v) is 10.1. The largest absolute Gasteiger partial charge is 0.451 e. The predicted molar refractivity (Wildman–Crippen MR) is 107 cm³/mol. The minimum atomic E-state index is -1.85. The van der Waals surface area contributed by atoms with Crippen LogP contribution in [0.25, 0.3) is 0 Å². The average Bonchev–Trinajstić information content (AvgIpc) is 2.74. The smallest absolute Gasteiger partial charge is 0.326 e. The van der Waals surface area contributed by atoms with E-state index < -0.39 is 45.9 Å². The molecule has 0 spiro atoms. The second-order valence-electron chi connectivity index (χ2n) is 8.57. The predicted octanol–water partition coefficient (Wildman–Crippen LogP) is 2.77. The number of fused-ring (bicyclic) bond motifs is 8. The van der Waals surface area contributed by atoms with Crippen molar-refractivity contribution in [1.82, 2.24) is 0 Å². The summed E-state index contributed by atoms with van der Waals surface area (Å²) in [5.41, 5.74) is -6.65. The highest BCUT2D eigenvalue weighted by Crippen LogP contribution is 2.83. The van der Waals surface area contributed by atoms with Crippen LogP contribution in [0, 0.1) is 10.8 Å². The van der Waals surface area contributed by atoms with E-state index in [1.54, 1.807) is 48.5 Å². The zero-order valence-corrected chi connectivity index (χ0v) is 17.9. The molecule has 5 rings (SSSR count). The molecule has 1 aliphatic carbocycles. The molecular weight excluding hydrogens is 416 g/mol. The molecule has 1 saturated carbocycles. The first kappa shape index (κ1) is 20.2. The van der Waals surface area contributed by atoms with E-state index in [-0.39, 0.29) is 11.5 Å². The van der Waals surface area contributed by atoms with Gasteiger partial charge in [-0.2, -0.15) is 0 Å². The molecule has 0 N–H and O–H groups in total. The number of benzene rings is 2. The van der Waals surface area contributed by atoms with E-state index >= 15 is 0 Å². The SMILES string of the molecule is CC(=O)OC12c3ccccc3OC(=O)C1(C)C1(OC(C)=O)c3ccccc3OC(=O)C21C. The standard InChI is InChI=1S/C24H20O8/c1-13(25)31-23-15-9-5-7-11-17(15)29-19(27)21(23,3)24(32-14(2)26)16-10-6-8-12-18(16)30-20(28)22(23,24)4/h5-12H,1-4H3. The van der Waals surface area contributed by atoms with Crippen LogP contribution in [0.15, 0.2) is 48.5 Å². The van der Waals surface area contributed by atoms with Crippen LogP contribution in [0.2, 0.25) is 0 Å². The zero-order valence-electron chi connectivity index (χ0n) is 17.9. The van der Waals surface area contributed by atoms with Gasteiger partial charge in [-0.25, -0.2) is 0 Å². The fourth-order valence-electron chi connectivity index (χ4n) is 6.13. The Hall–Kier alpha value is -3.68. The van der Waals surface area contributed by atoms with E-state index in [2.05, 4.69) is 0 Å². The van der Waals surface area contributed by atoms with Crippen molar-refractivity contribution >= 4 is 23.9 Å². The number of rotatable bonds is 2. The lowest BCUT2D eigenvalue weighted by Gasteiger charge is -2.75. The maximum absolute atomic E-state index is 13.7. The molecule has 3 aliphatic rings. The van der Waals surface area contributed by atoms with Gasteiger partial charge in [-0.15, -0.1) is 0 Å². The lowest BCUT2D eigenvalue weighted by Crippen LogP contribution is -2.90. The minimum Gasteiger partial charge on any atom is -0.451 e. The van der Waals surface area contributed by atoms with Gasteiger partial charge in [0.05, 0.1) is 0 Å². The van der Waals surface area contributed by atoms with Gasteiger partial charge in [0.25, 0.3) is 0 Å². The summed E-state index contributed by atoms with van der Waals surface area (Å²) in [6, 6.07) is 13.0. The second-order valence-corrected chi connectivity index (χ2v) is 8.57. The maximum Gasteiger partial charge on any atom is 0.326 e. The lowest BCUT2D eigenvalue weighted by atomic mass is 9.30. The summed E-state index contributed by atoms with van der Waals surface area (Å²) in [5.74, 6) is -2.71. The van der Waals surface area contributed by atoms with Crippen LogP contribution < -0.4 is 9.47 Å². The number of carbonyl (C=O) groups is 4. The number of hydrogen-bond acceptors (Lipinski definition) is 8. The molecule has 2 heterocycles. The first-order valence-electron chi connectivity index (χ1n) is 10.1. The molecule has 2 aliphatic heterocycles. The van der Waals surface area contributed by atoms with E-state index in [9.17, 15) is 19.2 Å². The Morgan fingerprint density at radius 2 is 1.03 bits per heavy atom. The van der Waals surface area contributed by atoms with Gasteiger partial charge in [-0.1, -0.05) is 36.4 Å². The molecule has 1 fully saturated rings. The number of hydrogen-bond donors (Lipinski definition) is 0. The van der Waals surface area contributed by atoms with Crippen molar-refractivity contribution in [2.24, 2.45) is 10.8 Å². The van der Waals surface area contributed by atoms with Crippen LogP contribution in [0.1, 0.15) is 38.8 Å². The third kappa shape index (κ3) is 1.82. The van der Waals surface area contributed by atoms with Gasteiger partial charge in [0.15, 0.2) is 22.0 Å². The van der Waals surface area contributed by atoms with Crippen molar-refractivity contribution in [1.29, 1.82) is 0 Å². The van der Waals surface area contributed by atoms with Crippen LogP contribution in [-0.4, -0.2) is 23.9 Å². The van der Waals surface area contributed by atoms with E-state index in [0.717, 1.165) is 0 Å². The molecule has 0 saturated heterocycles. The highest BCUT2D eigenvalue weighted by Gasteiger charge is 2.98. The summed E-state index contributed by atoms with van der Waals surface area (Å²) in [4.78, 5) is 52.2. The molecule has 164 valence electrons. The van der Waals surface area contributed by atoms with E-state index in [1.807, 2.05) is 0 Å².